The Morgan fingerprint density at radius 3 is 2.64 bits per heavy atom. The molecule has 0 aliphatic carbocycles. The number of pyridine rings is 1. The zero-order valence-electron chi connectivity index (χ0n) is 21.4. The van der Waals surface area contributed by atoms with Crippen molar-refractivity contribution >= 4 is 74.8 Å². The molecule has 3 N–H and O–H groups in total. The molecule has 0 saturated heterocycles. The minimum Gasteiger partial charge on any atom is -0.485 e. The van der Waals surface area contributed by atoms with Crippen LogP contribution in [0.3, 0.4) is 0 Å². The molecule has 8 nitrogen and oxygen atoms in total. The van der Waals surface area contributed by atoms with Crippen molar-refractivity contribution in [1.29, 1.82) is 0 Å². The Labute approximate surface area is 251 Å². The van der Waals surface area contributed by atoms with Gasteiger partial charge in [-0.05, 0) is 64.7 Å². The number of aromatic nitrogens is 2. The number of fused-ring (bicyclic) bond motifs is 1. The van der Waals surface area contributed by atoms with Crippen molar-refractivity contribution in [2.75, 3.05) is 11.9 Å². The first-order chi connectivity index (χ1) is 18.1. The van der Waals surface area contributed by atoms with Crippen molar-refractivity contribution < 1.29 is 14.3 Å². The number of urea groups is 1. The van der Waals surface area contributed by atoms with Crippen LogP contribution in [0.4, 0.5) is 10.5 Å². The highest BCUT2D eigenvalue weighted by Crippen LogP contribution is 2.36. The monoisotopic (exact) mass is 653 g/mol. The van der Waals surface area contributed by atoms with Gasteiger partial charge in [-0.25, -0.2) is 9.78 Å². The topological polar surface area (TPSA) is 102 Å². The fourth-order valence-electron chi connectivity index (χ4n) is 4.10. The van der Waals surface area contributed by atoms with Gasteiger partial charge in [0, 0.05) is 23.8 Å². The molecule has 206 valence electrons. The molecule has 0 aliphatic rings. The van der Waals surface area contributed by atoms with Gasteiger partial charge in [-0.2, -0.15) is 0 Å². The highest BCUT2D eigenvalue weighted by molar-refractivity contribution is 9.10. The lowest BCUT2D eigenvalue weighted by molar-refractivity contribution is -0.120. The minimum atomic E-state index is -1.00. The normalized spacial score (nSPS) is 11.5. The maximum absolute atomic E-state index is 13.6. The lowest BCUT2D eigenvalue weighted by atomic mass is 10.0. The number of aryl methyl sites for hydroxylation is 2. The number of carbonyl (C=O) groups excluding carboxylic acids is 2. The number of nitrogens with zero attached hydrogens (tertiary/aromatic N) is 3. The highest BCUT2D eigenvalue weighted by Gasteiger charge is 2.28. The SMILES string of the molecule is CCc1cccc(C(NC(N)=O)C(=O)N(C)c2ccc(Cl)c(COc3cccn4c(Br)c(C)nc34)c2Cl)c1.Cl. The van der Waals surface area contributed by atoms with Crippen molar-refractivity contribution in [2.45, 2.75) is 32.9 Å². The summed E-state index contributed by atoms with van der Waals surface area (Å²) in [6, 6.07) is 12.5. The van der Waals surface area contributed by atoms with E-state index in [2.05, 4.69) is 26.2 Å². The smallest absolute Gasteiger partial charge is 0.313 e. The predicted molar refractivity (Wildman–Crippen MR) is 160 cm³/mol. The summed E-state index contributed by atoms with van der Waals surface area (Å²) in [5.41, 5.74) is 9.41. The van der Waals surface area contributed by atoms with E-state index in [-0.39, 0.29) is 24.0 Å². The third-order valence-electron chi connectivity index (χ3n) is 6.17. The van der Waals surface area contributed by atoms with E-state index in [1.807, 2.05) is 48.7 Å². The van der Waals surface area contributed by atoms with Crippen LogP contribution >= 0.6 is 51.5 Å². The zero-order valence-corrected chi connectivity index (χ0v) is 25.3. The molecule has 0 spiro atoms. The number of anilines is 1. The number of nitrogens with two attached hydrogens (primary N) is 1. The zero-order chi connectivity index (χ0) is 27.6. The summed E-state index contributed by atoms with van der Waals surface area (Å²) in [5, 5.41) is 3.19. The lowest BCUT2D eigenvalue weighted by Gasteiger charge is -2.26. The number of hydrogen-bond donors (Lipinski definition) is 2. The average Bonchev–Trinajstić information content (AvgIpc) is 3.20. The minimum absolute atomic E-state index is 0. The van der Waals surface area contributed by atoms with Crippen LogP contribution in [-0.2, 0) is 17.8 Å². The van der Waals surface area contributed by atoms with Crippen LogP contribution in [0.1, 0.15) is 35.3 Å². The fourth-order valence-corrected chi connectivity index (χ4v) is 5.08. The summed E-state index contributed by atoms with van der Waals surface area (Å²) in [6.07, 6.45) is 2.65. The largest absolute Gasteiger partial charge is 0.485 e. The van der Waals surface area contributed by atoms with Gasteiger partial charge in [0.1, 0.15) is 17.3 Å². The van der Waals surface area contributed by atoms with Gasteiger partial charge in [-0.1, -0.05) is 54.4 Å². The number of benzene rings is 2. The molecule has 12 heteroatoms. The molecule has 0 aliphatic heterocycles. The Morgan fingerprint density at radius 2 is 1.95 bits per heavy atom. The van der Waals surface area contributed by atoms with E-state index in [0.29, 0.717) is 33.2 Å². The summed E-state index contributed by atoms with van der Waals surface area (Å²) >= 11 is 16.8. The van der Waals surface area contributed by atoms with Crippen LogP contribution in [0.15, 0.2) is 59.3 Å². The molecule has 4 aromatic rings. The number of nitrogens with one attached hydrogen (secondary N) is 1. The molecule has 4 rings (SSSR count). The number of hydrogen-bond acceptors (Lipinski definition) is 4. The number of carbonyl (C=O) groups is 2. The molecule has 0 bridgehead atoms. The highest BCUT2D eigenvalue weighted by atomic mass is 79.9. The second-order valence-electron chi connectivity index (χ2n) is 8.64. The Bertz CT molecular complexity index is 1530. The molecule has 0 saturated carbocycles. The second-order valence-corrected chi connectivity index (χ2v) is 10.2. The van der Waals surface area contributed by atoms with E-state index >= 15 is 0 Å². The molecule has 1 unspecified atom stereocenters. The summed E-state index contributed by atoms with van der Waals surface area (Å²) in [7, 11) is 1.58. The van der Waals surface area contributed by atoms with Crippen LogP contribution in [0.2, 0.25) is 10.0 Å². The quantitative estimate of drug-likeness (QED) is 0.222. The Balaban J connectivity index is 0.00000420. The predicted octanol–water partition coefficient (Wildman–Crippen LogP) is 6.65. The Kier molecular flexibility index (Phi) is 10.1. The van der Waals surface area contributed by atoms with Crippen LogP contribution in [0, 0.1) is 6.92 Å². The van der Waals surface area contributed by atoms with E-state index in [1.54, 1.807) is 31.3 Å². The molecular formula is C27H27BrCl3N5O3. The number of rotatable bonds is 8. The first kappa shape index (κ1) is 30.6. The standard InChI is InChI=1S/C27H26BrCl2N5O3.ClH/c1-4-16-7-5-8-17(13-16)23(33-27(31)37)26(36)34(3)20-11-10-19(29)18(22(20)30)14-38-21-9-6-12-35-24(28)15(2)32-25(21)35;/h5-13,23H,4,14H2,1-3H3,(H3,31,33,37);1H. The van der Waals surface area contributed by atoms with Crippen molar-refractivity contribution in [3.8, 4) is 5.75 Å². The number of primary amides is 1. The fraction of sp³-hybridized carbons (Fsp3) is 0.222. The number of ether oxygens (including phenoxy) is 1. The summed E-state index contributed by atoms with van der Waals surface area (Å²) in [5.74, 6) is 0.125. The Hall–Kier alpha value is -2.98. The molecule has 39 heavy (non-hydrogen) atoms. The van der Waals surface area contributed by atoms with E-state index < -0.39 is 18.0 Å². The molecule has 0 fully saturated rings. The summed E-state index contributed by atoms with van der Waals surface area (Å²) < 4.78 is 8.78. The Morgan fingerprint density at radius 1 is 1.21 bits per heavy atom. The molecule has 0 radical (unpaired) electrons. The van der Waals surface area contributed by atoms with Gasteiger partial charge in [0.25, 0.3) is 5.91 Å². The summed E-state index contributed by atoms with van der Waals surface area (Å²) in [4.78, 5) is 31.3. The van der Waals surface area contributed by atoms with Crippen molar-refractivity contribution in [2.24, 2.45) is 5.73 Å². The van der Waals surface area contributed by atoms with E-state index in [0.717, 1.165) is 22.3 Å². The van der Waals surface area contributed by atoms with E-state index in [4.69, 9.17) is 33.7 Å². The molecule has 3 amide bonds. The van der Waals surface area contributed by atoms with Crippen molar-refractivity contribution in [3.05, 3.63) is 91.8 Å². The number of amides is 3. The van der Waals surface area contributed by atoms with E-state index in [9.17, 15) is 9.59 Å². The molecule has 1 atom stereocenters. The lowest BCUT2D eigenvalue weighted by Crippen LogP contribution is -2.43. The van der Waals surface area contributed by atoms with E-state index in [1.165, 1.54) is 4.90 Å². The first-order valence-corrected chi connectivity index (χ1v) is 13.3. The third kappa shape index (κ3) is 6.44. The van der Waals surface area contributed by atoms with Gasteiger partial charge in [0.2, 0.25) is 0 Å². The second kappa shape index (κ2) is 12.9. The van der Waals surface area contributed by atoms with Crippen molar-refractivity contribution in [1.82, 2.24) is 14.7 Å². The van der Waals surface area contributed by atoms with Crippen LogP contribution in [-0.4, -0.2) is 28.4 Å². The molecule has 2 heterocycles. The number of likely N-dealkylation sites (N-methyl/N-ethyl adjacent to an activating group) is 1. The van der Waals surface area contributed by atoms with Gasteiger partial charge in [-0.3, -0.25) is 9.20 Å². The maximum Gasteiger partial charge on any atom is 0.313 e. The first-order valence-electron chi connectivity index (χ1n) is 11.8. The van der Waals surface area contributed by atoms with Gasteiger partial charge in [-0.15, -0.1) is 12.4 Å². The molecule has 2 aromatic heterocycles. The van der Waals surface area contributed by atoms with Gasteiger partial charge in [0.15, 0.2) is 11.4 Å². The maximum atomic E-state index is 13.6. The third-order valence-corrected chi connectivity index (χ3v) is 7.90. The van der Waals surface area contributed by atoms with Gasteiger partial charge < -0.3 is 20.7 Å². The number of halogens is 4. The average molecular weight is 656 g/mol. The van der Waals surface area contributed by atoms with Crippen molar-refractivity contribution in [3.63, 3.8) is 0 Å². The van der Waals surface area contributed by atoms with Gasteiger partial charge >= 0.3 is 6.03 Å². The van der Waals surface area contributed by atoms with Crippen LogP contribution in [0.25, 0.3) is 5.65 Å². The van der Waals surface area contributed by atoms with Crippen LogP contribution < -0.4 is 20.7 Å². The molecule has 2 aromatic carbocycles. The molecular weight excluding hydrogens is 629 g/mol. The van der Waals surface area contributed by atoms with Gasteiger partial charge in [0.05, 0.1) is 16.4 Å². The summed E-state index contributed by atoms with van der Waals surface area (Å²) in [6.45, 7) is 3.94. The number of imidazole rings is 1. The van der Waals surface area contributed by atoms with Crippen LogP contribution in [0.5, 0.6) is 5.75 Å².